The zero-order chi connectivity index (χ0) is 11.0. The SMILES string of the molecule is CC(C)CCCN(CCCl)CC(F)F. The van der Waals surface area contributed by atoms with Crippen LogP contribution in [0.25, 0.3) is 0 Å². The minimum atomic E-state index is -2.25. The van der Waals surface area contributed by atoms with Crippen molar-refractivity contribution in [1.29, 1.82) is 0 Å². The van der Waals surface area contributed by atoms with Crippen LogP contribution < -0.4 is 0 Å². The molecule has 0 fully saturated rings. The topological polar surface area (TPSA) is 3.24 Å². The van der Waals surface area contributed by atoms with Gasteiger partial charge in [0.1, 0.15) is 0 Å². The molecule has 0 atom stereocenters. The highest BCUT2D eigenvalue weighted by Gasteiger charge is 2.10. The summed E-state index contributed by atoms with van der Waals surface area (Å²) in [7, 11) is 0. The van der Waals surface area contributed by atoms with Crippen LogP contribution in [0.15, 0.2) is 0 Å². The molecule has 0 saturated heterocycles. The molecular weight excluding hydrogens is 208 g/mol. The minimum absolute atomic E-state index is 0.148. The summed E-state index contributed by atoms with van der Waals surface area (Å²) in [6.45, 7) is 5.42. The Kier molecular flexibility index (Phi) is 8.49. The van der Waals surface area contributed by atoms with Crippen molar-refractivity contribution in [2.75, 3.05) is 25.5 Å². The van der Waals surface area contributed by atoms with Crippen molar-refractivity contribution in [2.24, 2.45) is 5.92 Å². The van der Waals surface area contributed by atoms with Gasteiger partial charge in [-0.1, -0.05) is 13.8 Å². The summed E-state index contributed by atoms with van der Waals surface area (Å²) in [5.41, 5.74) is 0. The maximum Gasteiger partial charge on any atom is 0.251 e. The molecule has 0 amide bonds. The molecule has 0 rings (SSSR count). The van der Waals surface area contributed by atoms with E-state index in [-0.39, 0.29) is 6.54 Å². The Labute approximate surface area is 90.4 Å². The fraction of sp³-hybridized carbons (Fsp3) is 1.00. The van der Waals surface area contributed by atoms with E-state index in [0.29, 0.717) is 18.3 Å². The molecule has 0 saturated carbocycles. The number of nitrogens with zero attached hydrogens (tertiary/aromatic N) is 1. The summed E-state index contributed by atoms with van der Waals surface area (Å²) in [5, 5.41) is 0. The van der Waals surface area contributed by atoms with Gasteiger partial charge in [0.05, 0.1) is 6.54 Å². The lowest BCUT2D eigenvalue weighted by Gasteiger charge is -2.20. The van der Waals surface area contributed by atoms with E-state index in [2.05, 4.69) is 13.8 Å². The monoisotopic (exact) mass is 227 g/mol. The zero-order valence-electron chi connectivity index (χ0n) is 8.98. The Morgan fingerprint density at radius 2 is 1.86 bits per heavy atom. The minimum Gasteiger partial charge on any atom is -0.297 e. The molecule has 0 unspecified atom stereocenters. The van der Waals surface area contributed by atoms with E-state index in [0.717, 1.165) is 19.4 Å². The van der Waals surface area contributed by atoms with Gasteiger partial charge in [0.2, 0.25) is 0 Å². The van der Waals surface area contributed by atoms with Crippen LogP contribution in [0.1, 0.15) is 26.7 Å². The molecule has 86 valence electrons. The van der Waals surface area contributed by atoms with Gasteiger partial charge >= 0.3 is 0 Å². The summed E-state index contributed by atoms with van der Waals surface area (Å²) in [4.78, 5) is 1.74. The molecule has 0 spiro atoms. The molecule has 0 aliphatic rings. The smallest absolute Gasteiger partial charge is 0.251 e. The van der Waals surface area contributed by atoms with Gasteiger partial charge < -0.3 is 0 Å². The standard InChI is InChI=1S/C10H20ClF2N/c1-9(2)4-3-6-14(7-5-11)8-10(12)13/h9-10H,3-8H2,1-2H3. The molecule has 4 heteroatoms. The van der Waals surface area contributed by atoms with Gasteiger partial charge in [0, 0.05) is 12.4 Å². The average molecular weight is 228 g/mol. The Morgan fingerprint density at radius 3 is 2.29 bits per heavy atom. The van der Waals surface area contributed by atoms with Crippen molar-refractivity contribution in [3.05, 3.63) is 0 Å². The Morgan fingerprint density at radius 1 is 1.21 bits per heavy atom. The molecule has 0 aromatic carbocycles. The van der Waals surface area contributed by atoms with Gasteiger partial charge in [-0.2, -0.15) is 0 Å². The highest BCUT2D eigenvalue weighted by atomic mass is 35.5. The van der Waals surface area contributed by atoms with E-state index in [1.807, 2.05) is 0 Å². The van der Waals surface area contributed by atoms with Gasteiger partial charge in [-0.05, 0) is 25.3 Å². The van der Waals surface area contributed by atoms with E-state index in [4.69, 9.17) is 11.6 Å². The van der Waals surface area contributed by atoms with Gasteiger partial charge in [0.25, 0.3) is 6.43 Å². The van der Waals surface area contributed by atoms with Crippen molar-refractivity contribution >= 4 is 11.6 Å². The van der Waals surface area contributed by atoms with Crippen molar-refractivity contribution in [3.8, 4) is 0 Å². The van der Waals surface area contributed by atoms with Crippen LogP contribution in [0.2, 0.25) is 0 Å². The fourth-order valence-corrected chi connectivity index (χ4v) is 1.57. The summed E-state index contributed by atoms with van der Waals surface area (Å²) in [5.74, 6) is 1.06. The molecule has 0 aromatic rings. The van der Waals surface area contributed by atoms with E-state index >= 15 is 0 Å². The molecule has 0 aliphatic heterocycles. The molecule has 14 heavy (non-hydrogen) atoms. The van der Waals surface area contributed by atoms with Crippen LogP contribution in [0.4, 0.5) is 8.78 Å². The Balaban J connectivity index is 3.61. The van der Waals surface area contributed by atoms with E-state index in [1.54, 1.807) is 4.90 Å². The number of hydrogen-bond donors (Lipinski definition) is 0. The van der Waals surface area contributed by atoms with Gasteiger partial charge in [-0.25, -0.2) is 8.78 Å². The zero-order valence-corrected chi connectivity index (χ0v) is 9.73. The lowest BCUT2D eigenvalue weighted by molar-refractivity contribution is 0.0899. The highest BCUT2D eigenvalue weighted by molar-refractivity contribution is 6.18. The number of rotatable bonds is 8. The number of alkyl halides is 3. The van der Waals surface area contributed by atoms with Crippen LogP contribution in [-0.4, -0.2) is 36.8 Å². The van der Waals surface area contributed by atoms with Gasteiger partial charge in [0.15, 0.2) is 0 Å². The molecule has 0 radical (unpaired) electrons. The summed E-state index contributed by atoms with van der Waals surface area (Å²) >= 11 is 5.53. The van der Waals surface area contributed by atoms with E-state index < -0.39 is 6.43 Å². The maximum atomic E-state index is 12.1. The largest absolute Gasteiger partial charge is 0.297 e. The van der Waals surface area contributed by atoms with E-state index in [9.17, 15) is 8.78 Å². The lowest BCUT2D eigenvalue weighted by Crippen LogP contribution is -2.31. The van der Waals surface area contributed by atoms with Crippen molar-refractivity contribution in [2.45, 2.75) is 33.1 Å². The second kappa shape index (κ2) is 8.42. The quantitative estimate of drug-likeness (QED) is 0.576. The van der Waals surface area contributed by atoms with Gasteiger partial charge in [-0.15, -0.1) is 11.6 Å². The Hall–Kier alpha value is 0.110. The van der Waals surface area contributed by atoms with Crippen LogP contribution in [-0.2, 0) is 0 Å². The van der Waals surface area contributed by atoms with Crippen molar-refractivity contribution in [3.63, 3.8) is 0 Å². The van der Waals surface area contributed by atoms with Gasteiger partial charge in [-0.3, -0.25) is 4.90 Å². The van der Waals surface area contributed by atoms with Crippen LogP contribution >= 0.6 is 11.6 Å². The van der Waals surface area contributed by atoms with Crippen LogP contribution in [0.5, 0.6) is 0 Å². The first-order valence-electron chi connectivity index (χ1n) is 5.12. The predicted octanol–water partition coefficient (Wildman–Crippen LogP) is 3.23. The lowest BCUT2D eigenvalue weighted by atomic mass is 10.1. The third-order valence-corrected chi connectivity index (χ3v) is 2.22. The normalized spacial score (nSPS) is 12.0. The first-order chi connectivity index (χ1) is 6.56. The van der Waals surface area contributed by atoms with Crippen LogP contribution in [0.3, 0.4) is 0 Å². The van der Waals surface area contributed by atoms with Crippen molar-refractivity contribution in [1.82, 2.24) is 4.90 Å². The molecular formula is C10H20ClF2N. The molecule has 0 N–H and O–H groups in total. The first-order valence-corrected chi connectivity index (χ1v) is 5.66. The van der Waals surface area contributed by atoms with Crippen molar-refractivity contribution < 1.29 is 8.78 Å². The molecule has 0 heterocycles. The second-order valence-corrected chi connectivity index (χ2v) is 4.29. The first kappa shape index (κ1) is 14.1. The number of halogens is 3. The van der Waals surface area contributed by atoms with Crippen LogP contribution in [0, 0.1) is 5.92 Å². The maximum absolute atomic E-state index is 12.1. The molecule has 0 aromatic heterocycles. The number of hydrogen-bond acceptors (Lipinski definition) is 1. The summed E-state index contributed by atoms with van der Waals surface area (Å²) in [6, 6.07) is 0. The predicted molar refractivity (Wildman–Crippen MR) is 57.2 cm³/mol. The molecule has 0 aliphatic carbocycles. The van der Waals surface area contributed by atoms with E-state index in [1.165, 1.54) is 0 Å². The highest BCUT2D eigenvalue weighted by Crippen LogP contribution is 2.06. The fourth-order valence-electron chi connectivity index (χ4n) is 1.33. The third-order valence-electron chi connectivity index (χ3n) is 2.05. The average Bonchev–Trinajstić information content (AvgIpc) is 2.02. The molecule has 1 nitrogen and oxygen atoms in total. The molecule has 0 bridgehead atoms. The summed E-state index contributed by atoms with van der Waals surface area (Å²) in [6.07, 6.45) is -0.194. The Bertz CT molecular complexity index is 131. The third kappa shape index (κ3) is 8.70. The summed E-state index contributed by atoms with van der Waals surface area (Å²) < 4.78 is 24.2. The second-order valence-electron chi connectivity index (χ2n) is 3.92.